The normalized spacial score (nSPS) is 10.6. The van der Waals surface area contributed by atoms with E-state index in [1.807, 2.05) is 18.2 Å². The first-order chi connectivity index (χ1) is 9.69. The zero-order valence-corrected chi connectivity index (χ0v) is 11.5. The summed E-state index contributed by atoms with van der Waals surface area (Å²) >= 11 is 0. The maximum atomic E-state index is 13.8. The van der Waals surface area contributed by atoms with Crippen LogP contribution in [0.5, 0.6) is 5.75 Å². The van der Waals surface area contributed by atoms with E-state index < -0.39 is 5.82 Å². The fourth-order valence-corrected chi connectivity index (χ4v) is 2.10. The average Bonchev–Trinajstić information content (AvgIpc) is 2.47. The van der Waals surface area contributed by atoms with Crippen molar-refractivity contribution < 1.29 is 19.0 Å². The third kappa shape index (κ3) is 2.98. The van der Waals surface area contributed by atoms with Crippen LogP contribution in [-0.2, 0) is 18.0 Å². The Morgan fingerprint density at radius 2 is 1.85 bits per heavy atom. The van der Waals surface area contributed by atoms with Crippen LogP contribution in [0.3, 0.4) is 0 Å². The van der Waals surface area contributed by atoms with Gasteiger partial charge in [-0.1, -0.05) is 18.2 Å². The summed E-state index contributed by atoms with van der Waals surface area (Å²) in [7, 11) is 3.21. The first-order valence-electron chi connectivity index (χ1n) is 6.25. The second kappa shape index (κ2) is 6.50. The van der Waals surface area contributed by atoms with Crippen molar-refractivity contribution in [1.82, 2.24) is 0 Å². The van der Waals surface area contributed by atoms with E-state index in [2.05, 4.69) is 0 Å². The smallest absolute Gasteiger partial charge is 0.129 e. The van der Waals surface area contributed by atoms with E-state index in [-0.39, 0.29) is 12.2 Å². The third-order valence-electron chi connectivity index (χ3n) is 3.15. The summed E-state index contributed by atoms with van der Waals surface area (Å²) in [5.41, 5.74) is 2.84. The van der Waals surface area contributed by atoms with E-state index in [0.29, 0.717) is 6.61 Å². The Morgan fingerprint density at radius 3 is 2.45 bits per heavy atom. The van der Waals surface area contributed by atoms with Gasteiger partial charge in [-0.05, 0) is 34.9 Å². The molecule has 0 aliphatic rings. The molecule has 0 aliphatic carbocycles. The van der Waals surface area contributed by atoms with Gasteiger partial charge in [0.05, 0.1) is 20.3 Å². The number of benzene rings is 2. The van der Waals surface area contributed by atoms with Crippen LogP contribution in [0.1, 0.15) is 11.1 Å². The molecule has 1 N–H and O–H groups in total. The van der Waals surface area contributed by atoms with Crippen molar-refractivity contribution >= 4 is 0 Å². The highest BCUT2D eigenvalue weighted by Crippen LogP contribution is 2.29. The van der Waals surface area contributed by atoms with Crippen LogP contribution in [0, 0.1) is 5.82 Å². The lowest BCUT2D eigenvalue weighted by Crippen LogP contribution is -1.96. The Morgan fingerprint density at radius 1 is 1.05 bits per heavy atom. The molecule has 2 rings (SSSR count). The van der Waals surface area contributed by atoms with Crippen molar-refractivity contribution in [2.24, 2.45) is 0 Å². The zero-order valence-electron chi connectivity index (χ0n) is 11.5. The van der Waals surface area contributed by atoms with Gasteiger partial charge in [-0.25, -0.2) is 4.39 Å². The SMILES string of the molecule is COCc1cc(OC)ccc1-c1ccc(CO)c(F)c1. The molecule has 20 heavy (non-hydrogen) atoms. The minimum Gasteiger partial charge on any atom is -0.497 e. The second-order valence-corrected chi connectivity index (χ2v) is 4.42. The number of aliphatic hydroxyl groups excluding tert-OH is 1. The summed E-state index contributed by atoms with van der Waals surface area (Å²) in [6.07, 6.45) is 0. The van der Waals surface area contributed by atoms with E-state index >= 15 is 0 Å². The molecule has 0 bridgehead atoms. The fraction of sp³-hybridized carbons (Fsp3) is 0.250. The van der Waals surface area contributed by atoms with E-state index in [1.54, 1.807) is 26.4 Å². The van der Waals surface area contributed by atoms with Crippen LogP contribution in [-0.4, -0.2) is 19.3 Å². The van der Waals surface area contributed by atoms with E-state index in [9.17, 15) is 4.39 Å². The molecule has 4 heteroatoms. The Balaban J connectivity index is 2.48. The summed E-state index contributed by atoms with van der Waals surface area (Å²) < 4.78 is 24.1. The molecule has 0 heterocycles. The van der Waals surface area contributed by atoms with Crippen LogP contribution in [0.2, 0.25) is 0 Å². The standard InChI is InChI=1S/C16H17FO3/c1-19-10-13-7-14(20-2)5-6-15(13)11-3-4-12(9-18)16(17)8-11/h3-8,18H,9-10H2,1-2H3. The van der Waals surface area contributed by atoms with Crippen molar-refractivity contribution in [1.29, 1.82) is 0 Å². The Kier molecular flexibility index (Phi) is 4.71. The molecule has 2 aromatic carbocycles. The molecule has 0 amide bonds. The summed E-state index contributed by atoms with van der Waals surface area (Å²) in [6, 6.07) is 10.4. The maximum Gasteiger partial charge on any atom is 0.129 e. The molecular formula is C16H17FO3. The highest BCUT2D eigenvalue weighted by Gasteiger charge is 2.09. The third-order valence-corrected chi connectivity index (χ3v) is 3.15. The van der Waals surface area contributed by atoms with Gasteiger partial charge in [0.1, 0.15) is 11.6 Å². The number of rotatable bonds is 5. The van der Waals surface area contributed by atoms with Crippen molar-refractivity contribution in [2.45, 2.75) is 13.2 Å². The van der Waals surface area contributed by atoms with E-state index in [1.165, 1.54) is 6.07 Å². The Labute approximate surface area is 117 Å². The van der Waals surface area contributed by atoms with Crippen LogP contribution >= 0.6 is 0 Å². The maximum absolute atomic E-state index is 13.8. The molecule has 0 saturated heterocycles. The second-order valence-electron chi connectivity index (χ2n) is 4.42. The van der Waals surface area contributed by atoms with Gasteiger partial charge >= 0.3 is 0 Å². The lowest BCUT2D eigenvalue weighted by Gasteiger charge is -2.12. The van der Waals surface area contributed by atoms with Gasteiger partial charge < -0.3 is 14.6 Å². The number of ether oxygens (including phenoxy) is 2. The lowest BCUT2D eigenvalue weighted by atomic mass is 9.98. The first-order valence-corrected chi connectivity index (χ1v) is 6.25. The molecule has 0 radical (unpaired) electrons. The lowest BCUT2D eigenvalue weighted by molar-refractivity contribution is 0.185. The molecule has 0 spiro atoms. The average molecular weight is 276 g/mol. The van der Waals surface area contributed by atoms with Crippen LogP contribution in [0.4, 0.5) is 4.39 Å². The van der Waals surface area contributed by atoms with Gasteiger partial charge in [-0.2, -0.15) is 0 Å². The summed E-state index contributed by atoms with van der Waals surface area (Å²) in [6.45, 7) is 0.107. The number of methoxy groups -OCH3 is 2. The van der Waals surface area contributed by atoms with Crippen molar-refractivity contribution in [2.75, 3.05) is 14.2 Å². The summed E-state index contributed by atoms with van der Waals surface area (Å²) in [5, 5.41) is 9.01. The predicted molar refractivity (Wildman–Crippen MR) is 75.0 cm³/mol. The minimum absolute atomic E-state index is 0.288. The monoisotopic (exact) mass is 276 g/mol. The minimum atomic E-state index is -0.413. The molecule has 3 nitrogen and oxygen atoms in total. The van der Waals surface area contributed by atoms with Crippen LogP contribution < -0.4 is 4.74 Å². The molecule has 106 valence electrons. The molecule has 0 unspecified atom stereocenters. The fourth-order valence-electron chi connectivity index (χ4n) is 2.10. The molecule has 0 aromatic heterocycles. The number of hydrogen-bond acceptors (Lipinski definition) is 3. The number of halogens is 1. The van der Waals surface area contributed by atoms with Gasteiger partial charge in [-0.3, -0.25) is 0 Å². The van der Waals surface area contributed by atoms with Gasteiger partial charge in [-0.15, -0.1) is 0 Å². The molecule has 0 fully saturated rings. The van der Waals surface area contributed by atoms with Crippen LogP contribution in [0.25, 0.3) is 11.1 Å². The Bertz CT molecular complexity index is 596. The van der Waals surface area contributed by atoms with Gasteiger partial charge in [0.25, 0.3) is 0 Å². The topological polar surface area (TPSA) is 38.7 Å². The number of aliphatic hydroxyl groups is 1. The zero-order chi connectivity index (χ0) is 14.5. The molecular weight excluding hydrogens is 259 g/mol. The highest BCUT2D eigenvalue weighted by atomic mass is 19.1. The molecule has 0 aliphatic heterocycles. The molecule has 0 saturated carbocycles. The van der Waals surface area contributed by atoms with Crippen molar-refractivity contribution in [3.05, 3.63) is 53.3 Å². The van der Waals surface area contributed by atoms with Gasteiger partial charge in [0, 0.05) is 12.7 Å². The molecule has 2 aromatic rings. The summed E-state index contributed by atoms with van der Waals surface area (Å²) in [5.74, 6) is 0.317. The van der Waals surface area contributed by atoms with Gasteiger partial charge in [0.15, 0.2) is 0 Å². The highest BCUT2D eigenvalue weighted by molar-refractivity contribution is 5.68. The van der Waals surface area contributed by atoms with Crippen molar-refractivity contribution in [3.63, 3.8) is 0 Å². The molecule has 0 atom stereocenters. The quantitative estimate of drug-likeness (QED) is 0.911. The Hall–Kier alpha value is -1.91. The predicted octanol–water partition coefficient (Wildman–Crippen LogP) is 3.14. The van der Waals surface area contributed by atoms with Crippen molar-refractivity contribution in [3.8, 4) is 16.9 Å². The van der Waals surface area contributed by atoms with E-state index in [0.717, 1.165) is 22.4 Å². The van der Waals surface area contributed by atoms with E-state index in [4.69, 9.17) is 14.6 Å². The summed E-state index contributed by atoms with van der Waals surface area (Å²) in [4.78, 5) is 0. The van der Waals surface area contributed by atoms with Crippen LogP contribution in [0.15, 0.2) is 36.4 Å². The largest absolute Gasteiger partial charge is 0.497 e. The first kappa shape index (κ1) is 14.5. The number of hydrogen-bond donors (Lipinski definition) is 1. The van der Waals surface area contributed by atoms with Gasteiger partial charge in [0.2, 0.25) is 0 Å².